The van der Waals surface area contributed by atoms with E-state index in [9.17, 15) is 9.18 Å². The Kier molecular flexibility index (Phi) is 3.98. The highest BCUT2D eigenvalue weighted by Crippen LogP contribution is 2.24. The molecule has 0 fully saturated rings. The average molecular weight is 330 g/mol. The maximum absolute atomic E-state index is 13.1. The van der Waals surface area contributed by atoms with Crippen LogP contribution in [0.1, 0.15) is 15.9 Å². The Hall–Kier alpha value is -1.40. The molecule has 2 rings (SSSR count). The van der Waals surface area contributed by atoms with Gasteiger partial charge in [-0.05, 0) is 44.9 Å². The lowest BCUT2D eigenvalue weighted by Crippen LogP contribution is -2.07. The number of esters is 1. The number of hydrogen-bond acceptors (Lipinski definition) is 4. The molecule has 0 spiro atoms. The van der Waals surface area contributed by atoms with Gasteiger partial charge in [0.15, 0.2) is 0 Å². The summed E-state index contributed by atoms with van der Waals surface area (Å²) in [6.45, 7) is 0.187. The first-order valence-corrected chi connectivity index (χ1v) is 6.74. The summed E-state index contributed by atoms with van der Waals surface area (Å²) in [6.07, 6.45) is 0. The smallest absolute Gasteiger partial charge is 0.339 e. The largest absolute Gasteiger partial charge is 0.457 e. The Morgan fingerprint density at radius 2 is 2.28 bits per heavy atom. The molecule has 18 heavy (non-hydrogen) atoms. The van der Waals surface area contributed by atoms with Crippen LogP contribution in [0.3, 0.4) is 0 Å². The fraction of sp³-hybridized carbons (Fsp3) is 0.0833. The number of anilines is 1. The lowest BCUT2D eigenvalue weighted by atomic mass is 10.2. The molecule has 0 aliphatic carbocycles. The molecule has 0 atom stereocenters. The van der Waals surface area contributed by atoms with Gasteiger partial charge < -0.3 is 10.5 Å². The van der Waals surface area contributed by atoms with E-state index < -0.39 is 11.8 Å². The summed E-state index contributed by atoms with van der Waals surface area (Å²) in [5, 5.41) is 3.79. The highest BCUT2D eigenvalue weighted by atomic mass is 79.9. The average Bonchev–Trinajstić information content (AvgIpc) is 2.84. The van der Waals surface area contributed by atoms with Crippen LogP contribution in [0.5, 0.6) is 0 Å². The summed E-state index contributed by atoms with van der Waals surface area (Å²) >= 11 is 4.63. The third-order valence-electron chi connectivity index (χ3n) is 2.26. The fourth-order valence-electron chi connectivity index (χ4n) is 1.32. The van der Waals surface area contributed by atoms with Gasteiger partial charge in [0.2, 0.25) is 0 Å². The molecule has 2 N–H and O–H groups in total. The van der Waals surface area contributed by atoms with Crippen molar-refractivity contribution in [1.82, 2.24) is 0 Å². The van der Waals surface area contributed by atoms with Gasteiger partial charge in [-0.2, -0.15) is 11.3 Å². The number of hydrogen-bond donors (Lipinski definition) is 1. The molecule has 0 aliphatic heterocycles. The molecule has 0 unspecified atom stereocenters. The zero-order chi connectivity index (χ0) is 13.1. The third kappa shape index (κ3) is 2.88. The molecule has 0 radical (unpaired) electrons. The molecule has 0 saturated carbocycles. The molecule has 0 amide bonds. The maximum Gasteiger partial charge on any atom is 0.339 e. The standard InChI is InChI=1S/C12H9BrFNO2S/c13-9-4-10(14)11(15)3-8(9)12(16)17-5-7-1-2-18-6-7/h1-4,6H,5,15H2. The summed E-state index contributed by atoms with van der Waals surface area (Å²) < 4.78 is 18.6. The van der Waals surface area contributed by atoms with Crippen LogP contribution >= 0.6 is 27.3 Å². The Morgan fingerprint density at radius 3 is 2.94 bits per heavy atom. The van der Waals surface area contributed by atoms with Gasteiger partial charge in [-0.3, -0.25) is 0 Å². The van der Waals surface area contributed by atoms with E-state index in [0.717, 1.165) is 11.6 Å². The summed E-state index contributed by atoms with van der Waals surface area (Å²) in [5.41, 5.74) is 6.46. The predicted octanol–water partition coefficient (Wildman–Crippen LogP) is 3.59. The van der Waals surface area contributed by atoms with Crippen molar-refractivity contribution in [3.8, 4) is 0 Å². The highest BCUT2D eigenvalue weighted by molar-refractivity contribution is 9.10. The maximum atomic E-state index is 13.1. The molecule has 1 aromatic carbocycles. The lowest BCUT2D eigenvalue weighted by molar-refractivity contribution is 0.0472. The number of nitrogens with two attached hydrogens (primary N) is 1. The van der Waals surface area contributed by atoms with Gasteiger partial charge in [-0.15, -0.1) is 0 Å². The molecule has 1 aromatic heterocycles. The molecule has 0 bridgehead atoms. The number of nitrogen functional groups attached to an aromatic ring is 1. The van der Waals surface area contributed by atoms with Crippen molar-refractivity contribution in [2.24, 2.45) is 0 Å². The van der Waals surface area contributed by atoms with Crippen LogP contribution in [0.2, 0.25) is 0 Å². The van der Waals surface area contributed by atoms with E-state index >= 15 is 0 Å². The molecular formula is C12H9BrFNO2S. The topological polar surface area (TPSA) is 52.3 Å². The Balaban J connectivity index is 2.11. The normalized spacial score (nSPS) is 10.3. The van der Waals surface area contributed by atoms with E-state index in [1.165, 1.54) is 17.4 Å². The van der Waals surface area contributed by atoms with Crippen LogP contribution in [0.15, 0.2) is 33.4 Å². The van der Waals surface area contributed by atoms with E-state index in [2.05, 4.69) is 15.9 Å². The second-order valence-electron chi connectivity index (χ2n) is 3.56. The van der Waals surface area contributed by atoms with E-state index in [4.69, 9.17) is 10.5 Å². The Labute approximate surface area is 116 Å². The minimum Gasteiger partial charge on any atom is -0.457 e. The second kappa shape index (κ2) is 5.49. The summed E-state index contributed by atoms with van der Waals surface area (Å²) in [6, 6.07) is 4.28. The second-order valence-corrected chi connectivity index (χ2v) is 5.20. The van der Waals surface area contributed by atoms with Crippen molar-refractivity contribution in [1.29, 1.82) is 0 Å². The summed E-state index contributed by atoms with van der Waals surface area (Å²) in [5.74, 6) is -1.11. The molecule has 6 heteroatoms. The van der Waals surface area contributed by atoms with E-state index in [1.54, 1.807) is 0 Å². The highest BCUT2D eigenvalue weighted by Gasteiger charge is 2.14. The third-order valence-corrected chi connectivity index (χ3v) is 3.64. The van der Waals surface area contributed by atoms with E-state index in [1.807, 2.05) is 16.8 Å². The van der Waals surface area contributed by atoms with Crippen molar-refractivity contribution in [3.05, 3.63) is 50.4 Å². The number of halogens is 2. The van der Waals surface area contributed by atoms with Crippen LogP contribution in [-0.4, -0.2) is 5.97 Å². The number of carbonyl (C=O) groups is 1. The summed E-state index contributed by atoms with van der Waals surface area (Å²) in [4.78, 5) is 11.8. The first-order chi connectivity index (χ1) is 8.58. The molecule has 0 saturated heterocycles. The van der Waals surface area contributed by atoms with Gasteiger partial charge in [0.05, 0.1) is 11.3 Å². The molecule has 0 aliphatic rings. The van der Waals surface area contributed by atoms with Crippen LogP contribution < -0.4 is 5.73 Å². The number of ether oxygens (including phenoxy) is 1. The Morgan fingerprint density at radius 1 is 1.50 bits per heavy atom. The molecule has 3 nitrogen and oxygen atoms in total. The quantitative estimate of drug-likeness (QED) is 0.691. The molecular weight excluding hydrogens is 321 g/mol. The minimum atomic E-state index is -0.573. The van der Waals surface area contributed by atoms with Crippen molar-refractivity contribution >= 4 is 38.9 Å². The first-order valence-electron chi connectivity index (χ1n) is 5.00. The fourth-order valence-corrected chi connectivity index (χ4v) is 2.45. The first kappa shape index (κ1) is 13.0. The zero-order valence-corrected chi connectivity index (χ0v) is 11.6. The van der Waals surface area contributed by atoms with Crippen molar-refractivity contribution in [2.45, 2.75) is 6.61 Å². The number of rotatable bonds is 3. The van der Waals surface area contributed by atoms with Gasteiger partial charge in [0, 0.05) is 10.0 Å². The number of carbonyl (C=O) groups excluding carboxylic acids is 1. The molecule has 94 valence electrons. The van der Waals surface area contributed by atoms with E-state index in [-0.39, 0.29) is 17.9 Å². The van der Waals surface area contributed by atoms with Crippen LogP contribution in [0.4, 0.5) is 10.1 Å². The summed E-state index contributed by atoms with van der Waals surface area (Å²) in [7, 11) is 0. The van der Waals surface area contributed by atoms with Gasteiger partial charge in [0.25, 0.3) is 0 Å². The minimum absolute atomic E-state index is 0.0827. The van der Waals surface area contributed by atoms with Crippen LogP contribution in [0.25, 0.3) is 0 Å². The monoisotopic (exact) mass is 329 g/mol. The van der Waals surface area contributed by atoms with Gasteiger partial charge >= 0.3 is 5.97 Å². The van der Waals surface area contributed by atoms with Gasteiger partial charge in [0.1, 0.15) is 12.4 Å². The predicted molar refractivity (Wildman–Crippen MR) is 72.0 cm³/mol. The lowest BCUT2D eigenvalue weighted by Gasteiger charge is -2.07. The van der Waals surface area contributed by atoms with E-state index in [0.29, 0.717) is 4.47 Å². The SMILES string of the molecule is Nc1cc(C(=O)OCc2ccsc2)c(Br)cc1F. The van der Waals surface area contributed by atoms with Gasteiger partial charge in [-0.25, -0.2) is 9.18 Å². The van der Waals surface area contributed by atoms with Crippen molar-refractivity contribution in [2.75, 3.05) is 5.73 Å². The molecule has 2 aromatic rings. The number of thiophene rings is 1. The van der Waals surface area contributed by atoms with Gasteiger partial charge in [-0.1, -0.05) is 0 Å². The Bertz CT molecular complexity index is 572. The zero-order valence-electron chi connectivity index (χ0n) is 9.15. The van der Waals surface area contributed by atoms with Crippen molar-refractivity contribution in [3.63, 3.8) is 0 Å². The number of benzene rings is 1. The van der Waals surface area contributed by atoms with Crippen LogP contribution in [-0.2, 0) is 11.3 Å². The van der Waals surface area contributed by atoms with Crippen LogP contribution in [0, 0.1) is 5.82 Å². The van der Waals surface area contributed by atoms with Crippen molar-refractivity contribution < 1.29 is 13.9 Å². The molecule has 1 heterocycles.